The van der Waals surface area contributed by atoms with Crippen LogP contribution < -0.4 is 4.90 Å². The van der Waals surface area contributed by atoms with Crippen LogP contribution in [0.25, 0.3) is 55.3 Å². The fraction of sp³-hybridized carbons (Fsp3) is 0.0476. The second kappa shape index (κ2) is 14.4. The highest BCUT2D eigenvalue weighted by Crippen LogP contribution is 2.60. The summed E-state index contributed by atoms with van der Waals surface area (Å²) in [6, 6.07) is 89.4. The number of hydrogen-bond donors (Lipinski definition) is 0. The van der Waals surface area contributed by atoms with E-state index in [1.807, 2.05) is 12.1 Å². The van der Waals surface area contributed by atoms with Crippen molar-refractivity contribution in [3.05, 3.63) is 282 Å². The van der Waals surface area contributed by atoms with E-state index in [9.17, 15) is 0 Å². The first-order valence-electron chi connectivity index (χ1n) is 22.6. The first-order valence-corrected chi connectivity index (χ1v) is 22.6. The number of furan rings is 1. The molecular weight excluding hydrogens is 787 g/mol. The third-order valence-electron chi connectivity index (χ3n) is 14.4. The first-order chi connectivity index (χ1) is 32.1. The van der Waals surface area contributed by atoms with Crippen LogP contribution in [0.3, 0.4) is 0 Å². The van der Waals surface area contributed by atoms with Crippen LogP contribution in [0, 0.1) is 0 Å². The molecule has 65 heavy (non-hydrogen) atoms. The average molecular weight is 830 g/mol. The molecule has 10 aromatic carbocycles. The van der Waals surface area contributed by atoms with E-state index in [-0.39, 0.29) is 5.41 Å². The van der Waals surface area contributed by atoms with Gasteiger partial charge in [-0.2, -0.15) is 0 Å². The molecule has 0 aliphatic heterocycles. The lowest BCUT2D eigenvalue weighted by molar-refractivity contribution is 0.669. The van der Waals surface area contributed by atoms with Crippen molar-refractivity contribution in [1.82, 2.24) is 0 Å². The fourth-order valence-corrected chi connectivity index (χ4v) is 11.5. The van der Waals surface area contributed by atoms with E-state index in [1.54, 1.807) is 0 Å². The predicted octanol–water partition coefficient (Wildman–Crippen LogP) is 16.4. The molecule has 306 valence electrons. The molecule has 1 heterocycles. The molecule has 11 aromatic rings. The normalized spacial score (nSPS) is 15.3. The number of rotatable bonds is 7. The highest BCUT2D eigenvalue weighted by molar-refractivity contribution is 6.06. The molecule has 2 nitrogen and oxygen atoms in total. The third-order valence-corrected chi connectivity index (χ3v) is 14.4. The van der Waals surface area contributed by atoms with E-state index in [0.717, 1.165) is 50.1 Å². The largest absolute Gasteiger partial charge is 0.456 e. The molecule has 0 spiro atoms. The maximum absolute atomic E-state index is 6.27. The number of benzene rings is 10. The van der Waals surface area contributed by atoms with E-state index >= 15 is 0 Å². The second-order valence-corrected chi connectivity index (χ2v) is 17.7. The smallest absolute Gasteiger partial charge is 0.135 e. The Bertz CT molecular complexity index is 3580. The van der Waals surface area contributed by atoms with Gasteiger partial charge in [-0.25, -0.2) is 0 Å². The molecule has 0 saturated heterocycles. The van der Waals surface area contributed by atoms with Gasteiger partial charge in [0.15, 0.2) is 0 Å². The molecule has 1 atom stereocenters. The van der Waals surface area contributed by atoms with Crippen molar-refractivity contribution in [1.29, 1.82) is 0 Å². The zero-order chi connectivity index (χ0) is 43.1. The molecule has 0 fully saturated rings. The van der Waals surface area contributed by atoms with E-state index in [4.69, 9.17) is 4.42 Å². The minimum Gasteiger partial charge on any atom is -0.456 e. The van der Waals surface area contributed by atoms with Crippen molar-refractivity contribution in [3.8, 4) is 33.4 Å². The van der Waals surface area contributed by atoms with Gasteiger partial charge in [0.25, 0.3) is 0 Å². The molecule has 0 radical (unpaired) electrons. The number of para-hydroxylation sites is 1. The molecule has 1 unspecified atom stereocenters. The topological polar surface area (TPSA) is 16.4 Å². The maximum atomic E-state index is 6.27. The molecule has 0 bridgehead atoms. The summed E-state index contributed by atoms with van der Waals surface area (Å²) in [6.45, 7) is 2.40. The lowest BCUT2D eigenvalue weighted by Crippen LogP contribution is -2.28. The molecule has 1 aromatic heterocycles. The Morgan fingerprint density at radius 2 is 0.923 bits per heavy atom. The SMILES string of the molecule is CC1(c2ccccc2)c2ccccc2-c2c(N(c3cccc(-c4ccc5oc6ccccc6c5c4)c3)c3ccc4c(c3)C(c3ccccc3)(c3ccccc3)c3ccccc3-4)cccc21. The van der Waals surface area contributed by atoms with Gasteiger partial charge in [-0.3, -0.25) is 0 Å². The molecule has 0 amide bonds. The average Bonchev–Trinajstić information content (AvgIpc) is 3.99. The summed E-state index contributed by atoms with van der Waals surface area (Å²) in [4.78, 5) is 2.52. The Labute approximate surface area is 379 Å². The van der Waals surface area contributed by atoms with Crippen LogP contribution in [0.4, 0.5) is 17.1 Å². The zero-order valence-corrected chi connectivity index (χ0v) is 35.9. The summed E-state index contributed by atoms with van der Waals surface area (Å²) < 4.78 is 6.27. The summed E-state index contributed by atoms with van der Waals surface area (Å²) in [7, 11) is 0. The molecule has 13 rings (SSSR count). The monoisotopic (exact) mass is 829 g/mol. The van der Waals surface area contributed by atoms with Crippen molar-refractivity contribution < 1.29 is 4.42 Å². The Kier molecular flexibility index (Phi) is 8.29. The summed E-state index contributed by atoms with van der Waals surface area (Å²) in [5.41, 5.74) is 20.5. The van der Waals surface area contributed by atoms with Crippen LogP contribution in [0.2, 0.25) is 0 Å². The zero-order valence-electron chi connectivity index (χ0n) is 35.9. The Balaban J connectivity index is 1.09. The minimum absolute atomic E-state index is 0.352. The quantitative estimate of drug-likeness (QED) is 0.159. The van der Waals surface area contributed by atoms with Crippen LogP contribution in [0.5, 0.6) is 0 Å². The molecular formula is C63H43NO. The van der Waals surface area contributed by atoms with Crippen LogP contribution in [-0.4, -0.2) is 0 Å². The summed E-state index contributed by atoms with van der Waals surface area (Å²) in [5.74, 6) is 0. The van der Waals surface area contributed by atoms with Crippen molar-refractivity contribution in [2.75, 3.05) is 4.90 Å². The molecule has 2 aliphatic rings. The van der Waals surface area contributed by atoms with Gasteiger partial charge in [0.1, 0.15) is 11.2 Å². The summed E-state index contributed by atoms with van der Waals surface area (Å²) >= 11 is 0. The van der Waals surface area contributed by atoms with Crippen LogP contribution >= 0.6 is 0 Å². The van der Waals surface area contributed by atoms with Gasteiger partial charge < -0.3 is 9.32 Å². The van der Waals surface area contributed by atoms with Crippen molar-refractivity contribution in [2.45, 2.75) is 17.8 Å². The Morgan fingerprint density at radius 1 is 0.354 bits per heavy atom. The van der Waals surface area contributed by atoms with Crippen molar-refractivity contribution in [2.24, 2.45) is 0 Å². The lowest BCUT2D eigenvalue weighted by atomic mass is 9.67. The van der Waals surface area contributed by atoms with Gasteiger partial charge in [-0.15, -0.1) is 0 Å². The second-order valence-electron chi connectivity index (χ2n) is 17.7. The summed E-state index contributed by atoms with van der Waals surface area (Å²) in [6.07, 6.45) is 0. The molecule has 2 heteroatoms. The van der Waals surface area contributed by atoms with E-state index in [0.29, 0.717) is 0 Å². The number of nitrogens with zero attached hydrogens (tertiary/aromatic N) is 1. The fourth-order valence-electron chi connectivity index (χ4n) is 11.5. The Morgan fingerprint density at radius 3 is 1.69 bits per heavy atom. The van der Waals surface area contributed by atoms with Crippen molar-refractivity contribution in [3.63, 3.8) is 0 Å². The van der Waals surface area contributed by atoms with Gasteiger partial charge in [-0.1, -0.05) is 194 Å². The predicted molar refractivity (Wildman–Crippen MR) is 269 cm³/mol. The van der Waals surface area contributed by atoms with Crippen LogP contribution in [0.1, 0.15) is 45.9 Å². The highest BCUT2D eigenvalue weighted by atomic mass is 16.3. The Hall–Kier alpha value is -8.20. The van der Waals surface area contributed by atoms with E-state index in [1.165, 1.54) is 61.2 Å². The van der Waals surface area contributed by atoms with E-state index < -0.39 is 5.41 Å². The van der Waals surface area contributed by atoms with Gasteiger partial charge >= 0.3 is 0 Å². The third kappa shape index (κ3) is 5.41. The number of anilines is 3. The van der Waals surface area contributed by atoms with Gasteiger partial charge in [0.05, 0.1) is 11.1 Å². The highest BCUT2D eigenvalue weighted by Gasteiger charge is 2.47. The summed E-state index contributed by atoms with van der Waals surface area (Å²) in [5, 5.41) is 2.25. The maximum Gasteiger partial charge on any atom is 0.135 e. The van der Waals surface area contributed by atoms with Gasteiger partial charge in [0, 0.05) is 33.1 Å². The molecule has 0 saturated carbocycles. The molecule has 0 N–H and O–H groups in total. The van der Waals surface area contributed by atoms with Gasteiger partial charge in [0.2, 0.25) is 0 Å². The number of fused-ring (bicyclic) bond motifs is 9. The first kappa shape index (κ1) is 37.4. The lowest BCUT2D eigenvalue weighted by Gasteiger charge is -2.35. The molecule has 2 aliphatic carbocycles. The number of hydrogen-bond acceptors (Lipinski definition) is 2. The van der Waals surface area contributed by atoms with Crippen molar-refractivity contribution >= 4 is 39.0 Å². The van der Waals surface area contributed by atoms with Crippen LogP contribution in [-0.2, 0) is 10.8 Å². The van der Waals surface area contributed by atoms with Gasteiger partial charge in [-0.05, 0) is 122 Å². The van der Waals surface area contributed by atoms with E-state index in [2.05, 4.69) is 242 Å². The standard InChI is InChI=1S/C63H43NO/c1-62(44-20-5-2-6-21-44)54-30-14-12-29-52(54)61-56(62)32-18-33-58(61)64(47-26-17-19-42(39-47)43-35-38-60-53(40-43)51-28-13-16-34-59(51)65-60)48-36-37-50-49-27-11-15-31-55(49)63(57(50)41-48,45-22-7-3-8-23-45)46-24-9-4-10-25-46/h2-41H,1H3. The minimum atomic E-state index is -0.544. The van der Waals surface area contributed by atoms with Crippen LogP contribution in [0.15, 0.2) is 247 Å².